The van der Waals surface area contributed by atoms with Crippen LogP contribution in [0, 0.1) is 0 Å². The van der Waals surface area contributed by atoms with Crippen molar-refractivity contribution in [1.29, 1.82) is 0 Å². The van der Waals surface area contributed by atoms with E-state index in [1.54, 1.807) is 19.6 Å². The zero-order chi connectivity index (χ0) is 15.1. The first kappa shape index (κ1) is 16.1. The van der Waals surface area contributed by atoms with Gasteiger partial charge in [-0.3, -0.25) is 0 Å². The molecule has 1 N–H and O–H groups in total. The molecular formula is C16H21BrN2O2. The predicted molar refractivity (Wildman–Crippen MR) is 88.5 cm³/mol. The monoisotopic (exact) mass is 352 g/mol. The standard InChI is InChI=1S/C16H21BrN2O2/c1-19(11-14-5-7-21-12-14)16-4-3-13(9-15(16)17)10-18-6-8-20-2/h3-5,7,9,12,18H,6,8,10-11H2,1-2H3. The molecule has 0 amide bonds. The second kappa shape index (κ2) is 8.22. The summed E-state index contributed by atoms with van der Waals surface area (Å²) in [6.07, 6.45) is 3.48. The first-order chi connectivity index (χ1) is 10.2. The highest BCUT2D eigenvalue weighted by atomic mass is 79.9. The summed E-state index contributed by atoms with van der Waals surface area (Å²) in [5.74, 6) is 0. The van der Waals surface area contributed by atoms with Gasteiger partial charge < -0.3 is 19.4 Å². The van der Waals surface area contributed by atoms with Crippen LogP contribution in [0.2, 0.25) is 0 Å². The summed E-state index contributed by atoms with van der Waals surface area (Å²) in [6, 6.07) is 8.42. The molecule has 0 aliphatic heterocycles. The van der Waals surface area contributed by atoms with Crippen molar-refractivity contribution in [3.63, 3.8) is 0 Å². The molecule has 0 aliphatic carbocycles. The Morgan fingerprint density at radius 2 is 2.14 bits per heavy atom. The van der Waals surface area contributed by atoms with Gasteiger partial charge >= 0.3 is 0 Å². The van der Waals surface area contributed by atoms with Gasteiger partial charge in [-0.2, -0.15) is 0 Å². The minimum atomic E-state index is 0.729. The Morgan fingerprint density at radius 3 is 2.81 bits per heavy atom. The second-order valence-electron chi connectivity index (χ2n) is 4.94. The highest BCUT2D eigenvalue weighted by molar-refractivity contribution is 9.10. The van der Waals surface area contributed by atoms with Gasteiger partial charge in [0.2, 0.25) is 0 Å². The Labute approximate surface area is 134 Å². The third-order valence-corrected chi connectivity index (χ3v) is 3.87. The Morgan fingerprint density at radius 1 is 1.29 bits per heavy atom. The molecule has 0 bridgehead atoms. The molecule has 0 atom stereocenters. The van der Waals surface area contributed by atoms with Crippen molar-refractivity contribution in [2.75, 3.05) is 32.2 Å². The van der Waals surface area contributed by atoms with Crippen LogP contribution in [0.25, 0.3) is 0 Å². The SMILES string of the molecule is COCCNCc1ccc(N(C)Cc2ccoc2)c(Br)c1. The van der Waals surface area contributed by atoms with Crippen LogP contribution in [0.15, 0.2) is 45.7 Å². The first-order valence-corrected chi connectivity index (χ1v) is 7.70. The fraction of sp³-hybridized carbons (Fsp3) is 0.375. The van der Waals surface area contributed by atoms with Gasteiger partial charge in [-0.15, -0.1) is 0 Å². The van der Waals surface area contributed by atoms with E-state index in [1.165, 1.54) is 5.56 Å². The largest absolute Gasteiger partial charge is 0.472 e. The highest BCUT2D eigenvalue weighted by Gasteiger charge is 2.08. The number of halogens is 1. The number of nitrogens with zero attached hydrogens (tertiary/aromatic N) is 1. The maximum atomic E-state index is 5.11. The molecular weight excluding hydrogens is 332 g/mol. The zero-order valence-corrected chi connectivity index (χ0v) is 14.0. The number of ether oxygens (including phenoxy) is 1. The molecule has 0 fully saturated rings. The van der Waals surface area contributed by atoms with Crippen molar-refractivity contribution in [1.82, 2.24) is 5.32 Å². The van der Waals surface area contributed by atoms with Gasteiger partial charge in [-0.25, -0.2) is 0 Å². The quantitative estimate of drug-likeness (QED) is 0.738. The fourth-order valence-corrected chi connectivity index (χ4v) is 2.85. The highest BCUT2D eigenvalue weighted by Crippen LogP contribution is 2.27. The van der Waals surface area contributed by atoms with E-state index in [4.69, 9.17) is 9.15 Å². The van der Waals surface area contributed by atoms with Crippen molar-refractivity contribution in [3.8, 4) is 0 Å². The molecule has 1 heterocycles. The van der Waals surface area contributed by atoms with Crippen molar-refractivity contribution < 1.29 is 9.15 Å². The van der Waals surface area contributed by atoms with Crippen molar-refractivity contribution in [2.45, 2.75) is 13.1 Å². The maximum Gasteiger partial charge on any atom is 0.0952 e. The minimum Gasteiger partial charge on any atom is -0.472 e. The van der Waals surface area contributed by atoms with Gasteiger partial charge in [-0.05, 0) is 39.7 Å². The number of hydrogen-bond donors (Lipinski definition) is 1. The van der Waals surface area contributed by atoms with Crippen molar-refractivity contribution in [2.24, 2.45) is 0 Å². The Hall–Kier alpha value is -1.30. The summed E-state index contributed by atoms with van der Waals surface area (Å²) in [4.78, 5) is 2.19. The third-order valence-electron chi connectivity index (χ3n) is 3.24. The van der Waals surface area contributed by atoms with E-state index in [0.29, 0.717) is 0 Å². The Kier molecular flexibility index (Phi) is 6.29. The molecule has 1 aromatic heterocycles. The molecule has 0 saturated heterocycles. The van der Waals surface area contributed by atoms with Crippen LogP contribution in [0.3, 0.4) is 0 Å². The average molecular weight is 353 g/mol. The van der Waals surface area contributed by atoms with Crippen molar-refractivity contribution in [3.05, 3.63) is 52.4 Å². The normalized spacial score (nSPS) is 10.8. The van der Waals surface area contributed by atoms with Gasteiger partial charge in [0.1, 0.15) is 0 Å². The van der Waals surface area contributed by atoms with Crippen LogP contribution in [0.1, 0.15) is 11.1 Å². The van der Waals surface area contributed by atoms with Gasteiger partial charge in [0.05, 0.1) is 24.8 Å². The van der Waals surface area contributed by atoms with Crippen LogP contribution < -0.4 is 10.2 Å². The lowest BCUT2D eigenvalue weighted by Gasteiger charge is -2.20. The van der Waals surface area contributed by atoms with Gasteiger partial charge in [0.15, 0.2) is 0 Å². The van der Waals surface area contributed by atoms with E-state index in [9.17, 15) is 0 Å². The summed E-state index contributed by atoms with van der Waals surface area (Å²) < 4.78 is 11.2. The summed E-state index contributed by atoms with van der Waals surface area (Å²) in [6.45, 7) is 3.25. The minimum absolute atomic E-state index is 0.729. The molecule has 5 heteroatoms. The van der Waals surface area contributed by atoms with Gasteiger partial charge in [0, 0.05) is 43.8 Å². The Balaban J connectivity index is 1.94. The summed E-state index contributed by atoms with van der Waals surface area (Å²) in [5, 5.41) is 3.34. The fourth-order valence-electron chi connectivity index (χ4n) is 2.12. The number of nitrogens with one attached hydrogen (secondary N) is 1. The van der Waals surface area contributed by atoms with E-state index >= 15 is 0 Å². The Bertz CT molecular complexity index is 543. The molecule has 21 heavy (non-hydrogen) atoms. The predicted octanol–water partition coefficient (Wildman–Crippen LogP) is 3.41. The van der Waals surface area contributed by atoms with Gasteiger partial charge in [0.25, 0.3) is 0 Å². The lowest BCUT2D eigenvalue weighted by atomic mass is 10.2. The van der Waals surface area contributed by atoms with E-state index in [0.717, 1.165) is 42.0 Å². The number of furan rings is 1. The van der Waals surface area contributed by atoms with Crippen LogP contribution in [-0.2, 0) is 17.8 Å². The average Bonchev–Trinajstić information content (AvgIpc) is 2.96. The molecule has 2 rings (SSSR count). The van der Waals surface area contributed by atoms with Crippen LogP contribution in [-0.4, -0.2) is 27.3 Å². The lowest BCUT2D eigenvalue weighted by Crippen LogP contribution is -2.19. The zero-order valence-electron chi connectivity index (χ0n) is 12.4. The third kappa shape index (κ3) is 4.88. The molecule has 4 nitrogen and oxygen atoms in total. The van der Waals surface area contributed by atoms with Crippen LogP contribution in [0.5, 0.6) is 0 Å². The maximum absolute atomic E-state index is 5.11. The van der Waals surface area contributed by atoms with E-state index in [2.05, 4.69) is 51.4 Å². The number of hydrogen-bond acceptors (Lipinski definition) is 4. The number of methoxy groups -OCH3 is 1. The molecule has 1 aromatic carbocycles. The summed E-state index contributed by atoms with van der Waals surface area (Å²) >= 11 is 3.66. The molecule has 0 saturated carbocycles. The molecule has 0 spiro atoms. The van der Waals surface area contributed by atoms with Gasteiger partial charge in [-0.1, -0.05) is 6.07 Å². The molecule has 0 radical (unpaired) electrons. The first-order valence-electron chi connectivity index (χ1n) is 6.91. The number of rotatable bonds is 8. The van der Waals surface area contributed by atoms with E-state index in [-0.39, 0.29) is 0 Å². The van der Waals surface area contributed by atoms with E-state index < -0.39 is 0 Å². The molecule has 114 valence electrons. The topological polar surface area (TPSA) is 37.6 Å². The number of anilines is 1. The van der Waals surface area contributed by atoms with Crippen LogP contribution >= 0.6 is 15.9 Å². The summed E-state index contributed by atoms with van der Waals surface area (Å²) in [5.41, 5.74) is 3.57. The molecule has 0 unspecified atom stereocenters. The smallest absolute Gasteiger partial charge is 0.0952 e. The van der Waals surface area contributed by atoms with Crippen LogP contribution in [0.4, 0.5) is 5.69 Å². The molecule has 0 aliphatic rings. The second-order valence-corrected chi connectivity index (χ2v) is 5.80. The van der Waals surface area contributed by atoms with E-state index in [1.807, 2.05) is 6.07 Å². The molecule has 2 aromatic rings. The summed E-state index contributed by atoms with van der Waals surface area (Å²) in [7, 11) is 3.78. The number of benzene rings is 1. The van der Waals surface area contributed by atoms with Crippen molar-refractivity contribution >= 4 is 21.6 Å². The lowest BCUT2D eigenvalue weighted by molar-refractivity contribution is 0.199.